The van der Waals surface area contributed by atoms with E-state index in [4.69, 9.17) is 10.4 Å². The first kappa shape index (κ1) is 17.7. The number of thiazole rings is 1. The van der Waals surface area contributed by atoms with Crippen molar-refractivity contribution in [2.45, 2.75) is 33.7 Å². The van der Waals surface area contributed by atoms with Crippen LogP contribution in [0.5, 0.6) is 0 Å². The van der Waals surface area contributed by atoms with Crippen LogP contribution in [0.1, 0.15) is 24.4 Å². The van der Waals surface area contributed by atoms with Gasteiger partial charge < -0.3 is 15.7 Å². The Morgan fingerprint density at radius 3 is 2.45 bits per heavy atom. The second kappa shape index (κ2) is 7.56. The summed E-state index contributed by atoms with van der Waals surface area (Å²) in [5.74, 6) is -2.17. The molecule has 1 amide bonds. The predicted molar refractivity (Wildman–Crippen MR) is 83.3 cm³/mol. The van der Waals surface area contributed by atoms with E-state index in [1.165, 1.54) is 17.5 Å². The number of nitrogens with zero attached hydrogens (tertiary/aromatic N) is 2. The van der Waals surface area contributed by atoms with Crippen molar-refractivity contribution in [2.24, 2.45) is 5.92 Å². The molecule has 22 heavy (non-hydrogen) atoms. The Morgan fingerprint density at radius 1 is 1.41 bits per heavy atom. The number of hydrogen-bond acceptors (Lipinski definition) is 6. The van der Waals surface area contributed by atoms with Gasteiger partial charge in [-0.3, -0.25) is 4.79 Å². The summed E-state index contributed by atoms with van der Waals surface area (Å²) in [6.07, 6.45) is 1.23. The number of nitriles is 1. The lowest BCUT2D eigenvalue weighted by Gasteiger charge is -2.17. The van der Waals surface area contributed by atoms with Crippen LogP contribution in [0.2, 0.25) is 0 Å². The zero-order chi connectivity index (χ0) is 16.9. The van der Waals surface area contributed by atoms with Crippen LogP contribution < -0.4 is 10.6 Å². The van der Waals surface area contributed by atoms with Gasteiger partial charge in [0.05, 0.1) is 5.69 Å². The molecular formula is C14H18N4O3S. The first-order chi connectivity index (χ1) is 10.3. The van der Waals surface area contributed by atoms with Crippen molar-refractivity contribution in [3.05, 3.63) is 22.3 Å². The highest BCUT2D eigenvalue weighted by atomic mass is 32.1. The Labute approximate surface area is 132 Å². The molecular weight excluding hydrogens is 304 g/mol. The second-order valence-corrected chi connectivity index (χ2v) is 6.21. The number of hydrogen-bond donors (Lipinski definition) is 3. The number of aryl methyl sites for hydroxylation is 2. The van der Waals surface area contributed by atoms with Crippen molar-refractivity contribution >= 4 is 28.3 Å². The number of carbonyl (C=O) groups is 2. The van der Waals surface area contributed by atoms with Crippen LogP contribution in [0.3, 0.4) is 0 Å². The molecule has 8 heteroatoms. The van der Waals surface area contributed by atoms with Gasteiger partial charge in [-0.05, 0) is 19.8 Å². The van der Waals surface area contributed by atoms with E-state index in [1.807, 2.05) is 13.8 Å². The standard InChI is InChI=1S/C14H18N4O3S/c1-7(2)11(13(20)21)18-12(19)10(5-15)6-16-14-17-8(3)9(4)22-14/h6-7,11H,1-4H3,(H,16,17)(H,18,19)(H,20,21)/b10-6-. The molecule has 118 valence electrons. The van der Waals surface area contributed by atoms with Gasteiger partial charge in [0.25, 0.3) is 5.91 Å². The second-order valence-electron chi connectivity index (χ2n) is 5.01. The third-order valence-corrected chi connectivity index (χ3v) is 3.96. The number of carbonyl (C=O) groups excluding carboxylic acids is 1. The first-order valence-corrected chi connectivity index (χ1v) is 7.42. The summed E-state index contributed by atoms with van der Waals surface area (Å²) >= 11 is 1.40. The van der Waals surface area contributed by atoms with Crippen LogP contribution >= 0.6 is 11.3 Å². The number of aliphatic carboxylic acids is 1. The molecule has 0 saturated carbocycles. The summed E-state index contributed by atoms with van der Waals surface area (Å²) in [7, 11) is 0. The lowest BCUT2D eigenvalue weighted by Crippen LogP contribution is -2.44. The van der Waals surface area contributed by atoms with Crippen LogP contribution in [0.4, 0.5) is 5.13 Å². The fourth-order valence-electron chi connectivity index (χ4n) is 1.55. The number of amides is 1. The molecule has 0 aromatic carbocycles. The van der Waals surface area contributed by atoms with Gasteiger partial charge in [0, 0.05) is 11.1 Å². The Kier molecular flexibility index (Phi) is 6.07. The summed E-state index contributed by atoms with van der Waals surface area (Å²) in [5, 5.41) is 23.8. The van der Waals surface area contributed by atoms with Gasteiger partial charge in [-0.1, -0.05) is 13.8 Å². The van der Waals surface area contributed by atoms with Crippen LogP contribution in [0.25, 0.3) is 0 Å². The van der Waals surface area contributed by atoms with Crippen LogP contribution in [0.15, 0.2) is 11.8 Å². The van der Waals surface area contributed by atoms with Gasteiger partial charge >= 0.3 is 5.97 Å². The molecule has 0 fully saturated rings. The average Bonchev–Trinajstić information content (AvgIpc) is 2.75. The maximum absolute atomic E-state index is 12.0. The average molecular weight is 322 g/mol. The largest absolute Gasteiger partial charge is 0.480 e. The third kappa shape index (κ3) is 4.56. The highest BCUT2D eigenvalue weighted by Crippen LogP contribution is 2.21. The molecule has 0 radical (unpaired) electrons. The van der Waals surface area contributed by atoms with E-state index in [-0.39, 0.29) is 11.5 Å². The highest BCUT2D eigenvalue weighted by Gasteiger charge is 2.24. The molecule has 1 atom stereocenters. The van der Waals surface area contributed by atoms with Crippen LogP contribution in [-0.4, -0.2) is 28.0 Å². The van der Waals surface area contributed by atoms with Crippen molar-refractivity contribution in [3.8, 4) is 6.07 Å². The zero-order valence-corrected chi connectivity index (χ0v) is 13.6. The molecule has 1 aromatic rings. The molecule has 1 aromatic heterocycles. The van der Waals surface area contributed by atoms with Gasteiger partial charge in [0.15, 0.2) is 5.13 Å². The number of aromatic nitrogens is 1. The van der Waals surface area contributed by atoms with E-state index >= 15 is 0 Å². The van der Waals surface area contributed by atoms with Crippen molar-refractivity contribution in [2.75, 3.05) is 5.32 Å². The molecule has 1 rings (SSSR count). The molecule has 0 bridgehead atoms. The summed E-state index contributed by atoms with van der Waals surface area (Å²) < 4.78 is 0. The molecule has 1 heterocycles. The summed E-state index contributed by atoms with van der Waals surface area (Å²) in [6, 6.07) is 0.700. The molecule has 0 spiro atoms. The minimum absolute atomic E-state index is 0.211. The van der Waals surface area contributed by atoms with Crippen molar-refractivity contribution in [3.63, 3.8) is 0 Å². The minimum Gasteiger partial charge on any atom is -0.480 e. The van der Waals surface area contributed by atoms with E-state index in [0.29, 0.717) is 5.13 Å². The zero-order valence-electron chi connectivity index (χ0n) is 12.8. The van der Waals surface area contributed by atoms with Gasteiger partial charge in [-0.2, -0.15) is 5.26 Å². The number of rotatable bonds is 6. The Morgan fingerprint density at radius 2 is 2.05 bits per heavy atom. The monoisotopic (exact) mass is 322 g/mol. The van der Waals surface area contributed by atoms with E-state index < -0.39 is 17.9 Å². The number of anilines is 1. The van der Waals surface area contributed by atoms with Crippen LogP contribution in [0, 0.1) is 31.1 Å². The van der Waals surface area contributed by atoms with E-state index in [0.717, 1.165) is 10.6 Å². The van der Waals surface area contributed by atoms with Gasteiger partial charge in [0.2, 0.25) is 0 Å². The summed E-state index contributed by atoms with van der Waals surface area (Å²) in [4.78, 5) is 28.3. The fourth-order valence-corrected chi connectivity index (χ4v) is 2.33. The summed E-state index contributed by atoms with van der Waals surface area (Å²) in [6.45, 7) is 7.13. The lowest BCUT2D eigenvalue weighted by atomic mass is 10.0. The SMILES string of the molecule is Cc1nc(N/C=C(/C#N)C(=O)NC(C(=O)O)C(C)C)sc1C. The minimum atomic E-state index is -1.14. The predicted octanol–water partition coefficient (Wildman–Crippen LogP) is 1.80. The van der Waals surface area contributed by atoms with E-state index in [1.54, 1.807) is 19.9 Å². The molecule has 0 aliphatic heterocycles. The molecule has 3 N–H and O–H groups in total. The molecule has 0 aliphatic rings. The van der Waals surface area contributed by atoms with E-state index in [9.17, 15) is 9.59 Å². The lowest BCUT2D eigenvalue weighted by molar-refractivity contribution is -0.142. The van der Waals surface area contributed by atoms with Crippen LogP contribution in [-0.2, 0) is 9.59 Å². The molecule has 0 aliphatic carbocycles. The Balaban J connectivity index is 2.82. The Hall–Kier alpha value is -2.40. The summed E-state index contributed by atoms with van der Waals surface area (Å²) in [5.41, 5.74) is 0.659. The topological polar surface area (TPSA) is 115 Å². The highest BCUT2D eigenvalue weighted by molar-refractivity contribution is 7.15. The quantitative estimate of drug-likeness (QED) is 0.543. The van der Waals surface area contributed by atoms with Gasteiger partial charge in [-0.25, -0.2) is 9.78 Å². The van der Waals surface area contributed by atoms with Gasteiger partial charge in [-0.15, -0.1) is 11.3 Å². The maximum atomic E-state index is 12.0. The number of carboxylic acid groups (broad SMARTS) is 1. The van der Waals surface area contributed by atoms with Crippen molar-refractivity contribution in [1.29, 1.82) is 5.26 Å². The van der Waals surface area contributed by atoms with Gasteiger partial charge in [0.1, 0.15) is 17.7 Å². The normalized spacial score (nSPS) is 12.6. The number of nitrogens with one attached hydrogen (secondary N) is 2. The van der Waals surface area contributed by atoms with Crippen molar-refractivity contribution < 1.29 is 14.7 Å². The molecule has 0 saturated heterocycles. The maximum Gasteiger partial charge on any atom is 0.326 e. The molecule has 7 nitrogen and oxygen atoms in total. The molecule has 1 unspecified atom stereocenters. The third-order valence-electron chi connectivity index (χ3n) is 2.95. The first-order valence-electron chi connectivity index (χ1n) is 6.60. The number of carboxylic acids is 1. The van der Waals surface area contributed by atoms with Crippen molar-refractivity contribution in [1.82, 2.24) is 10.3 Å². The smallest absolute Gasteiger partial charge is 0.326 e. The van der Waals surface area contributed by atoms with E-state index in [2.05, 4.69) is 15.6 Å². The fraction of sp³-hybridized carbons (Fsp3) is 0.429. The Bertz CT molecular complexity index is 624.